The molecule has 0 saturated carbocycles. The zero-order chi connectivity index (χ0) is 14.6. The Labute approximate surface area is 136 Å². The highest BCUT2D eigenvalue weighted by molar-refractivity contribution is 6.35. The molecule has 1 aromatic rings. The molecule has 0 aliphatic carbocycles. The lowest BCUT2D eigenvalue weighted by molar-refractivity contribution is 0.0789. The van der Waals surface area contributed by atoms with Crippen LogP contribution in [0.2, 0.25) is 10.0 Å². The summed E-state index contributed by atoms with van der Waals surface area (Å²) in [5.41, 5.74) is 6.47. The van der Waals surface area contributed by atoms with E-state index in [1.165, 1.54) is 0 Å². The van der Waals surface area contributed by atoms with E-state index in [4.69, 9.17) is 28.9 Å². The molecule has 1 unspecified atom stereocenters. The fourth-order valence-electron chi connectivity index (χ4n) is 1.68. The first-order chi connectivity index (χ1) is 8.81. The molecular weight excluding hydrogens is 319 g/mol. The highest BCUT2D eigenvalue weighted by Crippen LogP contribution is 2.20. The molecule has 0 fully saturated rings. The lowest BCUT2D eigenvalue weighted by Crippen LogP contribution is -2.34. The second-order valence-corrected chi connectivity index (χ2v) is 5.95. The summed E-state index contributed by atoms with van der Waals surface area (Å²) in [6, 6.07) is 4.94. The third-order valence-corrected chi connectivity index (χ3v) is 3.55. The fourth-order valence-corrected chi connectivity index (χ4v) is 2.20. The fraction of sp³-hybridized carbons (Fsp3) is 0.500. The van der Waals surface area contributed by atoms with Gasteiger partial charge in [-0.25, -0.2) is 0 Å². The predicted molar refractivity (Wildman–Crippen MR) is 88.1 cm³/mol. The van der Waals surface area contributed by atoms with Crippen molar-refractivity contribution >= 4 is 41.5 Å². The molecule has 1 amide bonds. The lowest BCUT2D eigenvalue weighted by Gasteiger charge is -2.21. The van der Waals surface area contributed by atoms with E-state index in [1.807, 2.05) is 0 Å². The van der Waals surface area contributed by atoms with Crippen molar-refractivity contribution < 1.29 is 4.79 Å². The van der Waals surface area contributed by atoms with Crippen molar-refractivity contribution in [3.8, 4) is 0 Å². The SMILES string of the molecule is CC(C)C(N)CCN(C)C(=O)c1cc(Cl)cc(Cl)c1.Cl. The second-order valence-electron chi connectivity index (χ2n) is 5.08. The minimum atomic E-state index is -0.0969. The first-order valence-corrected chi connectivity index (χ1v) is 7.04. The Morgan fingerprint density at radius 1 is 1.25 bits per heavy atom. The molecular formula is C14H21Cl3N2O. The quantitative estimate of drug-likeness (QED) is 0.885. The van der Waals surface area contributed by atoms with Crippen LogP contribution in [0.25, 0.3) is 0 Å². The Bertz CT molecular complexity index is 432. The van der Waals surface area contributed by atoms with Crippen LogP contribution in [-0.4, -0.2) is 30.4 Å². The highest BCUT2D eigenvalue weighted by atomic mass is 35.5. The van der Waals surface area contributed by atoms with Gasteiger partial charge in [0.1, 0.15) is 0 Å². The molecule has 1 aromatic carbocycles. The third-order valence-electron chi connectivity index (χ3n) is 3.11. The maximum Gasteiger partial charge on any atom is 0.253 e. The summed E-state index contributed by atoms with van der Waals surface area (Å²) in [5, 5.41) is 0.922. The van der Waals surface area contributed by atoms with E-state index in [-0.39, 0.29) is 24.4 Å². The summed E-state index contributed by atoms with van der Waals surface area (Å²) >= 11 is 11.8. The van der Waals surface area contributed by atoms with Gasteiger partial charge in [-0.3, -0.25) is 4.79 Å². The molecule has 20 heavy (non-hydrogen) atoms. The van der Waals surface area contributed by atoms with Gasteiger partial charge in [0.05, 0.1) is 0 Å². The van der Waals surface area contributed by atoms with Gasteiger partial charge in [0.2, 0.25) is 0 Å². The molecule has 0 aliphatic rings. The van der Waals surface area contributed by atoms with E-state index in [9.17, 15) is 4.79 Å². The topological polar surface area (TPSA) is 46.3 Å². The molecule has 0 aliphatic heterocycles. The number of nitrogens with two attached hydrogens (primary N) is 1. The number of nitrogens with zero attached hydrogens (tertiary/aromatic N) is 1. The van der Waals surface area contributed by atoms with E-state index in [2.05, 4.69) is 13.8 Å². The van der Waals surface area contributed by atoms with Gasteiger partial charge in [0.15, 0.2) is 0 Å². The average Bonchev–Trinajstić information content (AvgIpc) is 2.33. The zero-order valence-electron chi connectivity index (χ0n) is 11.9. The van der Waals surface area contributed by atoms with Gasteiger partial charge in [0.25, 0.3) is 5.91 Å². The van der Waals surface area contributed by atoms with Crippen molar-refractivity contribution in [2.45, 2.75) is 26.3 Å². The van der Waals surface area contributed by atoms with E-state index in [0.717, 1.165) is 6.42 Å². The van der Waals surface area contributed by atoms with Gasteiger partial charge in [-0.2, -0.15) is 0 Å². The number of hydrogen-bond donors (Lipinski definition) is 1. The van der Waals surface area contributed by atoms with Crippen LogP contribution in [0.4, 0.5) is 0 Å². The number of carbonyl (C=O) groups excluding carboxylic acids is 1. The minimum absolute atomic E-state index is 0. The van der Waals surface area contributed by atoms with Crippen LogP contribution in [0.5, 0.6) is 0 Å². The van der Waals surface area contributed by atoms with Crippen molar-refractivity contribution in [1.82, 2.24) is 4.90 Å². The zero-order valence-corrected chi connectivity index (χ0v) is 14.2. The number of benzene rings is 1. The van der Waals surface area contributed by atoms with E-state index in [0.29, 0.717) is 28.1 Å². The molecule has 0 spiro atoms. The highest BCUT2D eigenvalue weighted by Gasteiger charge is 2.15. The standard InChI is InChI=1S/C14H20Cl2N2O.ClH/c1-9(2)13(17)4-5-18(3)14(19)10-6-11(15)8-12(16)7-10;/h6-9,13H,4-5,17H2,1-3H3;1H. The predicted octanol–water partition coefficient (Wildman–Crippen LogP) is 3.86. The van der Waals surface area contributed by atoms with Gasteiger partial charge in [-0.1, -0.05) is 37.0 Å². The van der Waals surface area contributed by atoms with Crippen LogP contribution in [0.15, 0.2) is 18.2 Å². The maximum atomic E-state index is 12.2. The van der Waals surface area contributed by atoms with Crippen molar-refractivity contribution in [2.75, 3.05) is 13.6 Å². The van der Waals surface area contributed by atoms with Crippen molar-refractivity contribution in [3.63, 3.8) is 0 Å². The van der Waals surface area contributed by atoms with Crippen LogP contribution in [0.3, 0.4) is 0 Å². The Balaban J connectivity index is 0.00000361. The van der Waals surface area contributed by atoms with Crippen molar-refractivity contribution in [2.24, 2.45) is 11.7 Å². The molecule has 1 atom stereocenters. The molecule has 0 heterocycles. The number of halogens is 3. The first-order valence-electron chi connectivity index (χ1n) is 6.28. The largest absolute Gasteiger partial charge is 0.342 e. The van der Waals surface area contributed by atoms with Crippen LogP contribution >= 0.6 is 35.6 Å². The summed E-state index contributed by atoms with van der Waals surface area (Å²) in [4.78, 5) is 13.8. The lowest BCUT2D eigenvalue weighted by atomic mass is 10.0. The number of rotatable bonds is 5. The molecule has 0 radical (unpaired) electrons. The van der Waals surface area contributed by atoms with E-state index < -0.39 is 0 Å². The van der Waals surface area contributed by atoms with Crippen molar-refractivity contribution in [3.05, 3.63) is 33.8 Å². The summed E-state index contributed by atoms with van der Waals surface area (Å²) < 4.78 is 0. The number of hydrogen-bond acceptors (Lipinski definition) is 2. The van der Waals surface area contributed by atoms with E-state index >= 15 is 0 Å². The smallest absolute Gasteiger partial charge is 0.253 e. The van der Waals surface area contributed by atoms with Crippen LogP contribution in [-0.2, 0) is 0 Å². The summed E-state index contributed by atoms with van der Waals surface area (Å²) in [7, 11) is 1.75. The second kappa shape index (κ2) is 8.73. The van der Waals surface area contributed by atoms with Crippen LogP contribution < -0.4 is 5.73 Å². The van der Waals surface area contributed by atoms with Gasteiger partial charge in [-0.05, 0) is 30.5 Å². The number of amides is 1. The van der Waals surface area contributed by atoms with Gasteiger partial charge in [0, 0.05) is 35.2 Å². The maximum absolute atomic E-state index is 12.2. The van der Waals surface area contributed by atoms with Crippen LogP contribution in [0.1, 0.15) is 30.6 Å². The molecule has 0 aromatic heterocycles. The van der Waals surface area contributed by atoms with Crippen LogP contribution in [0, 0.1) is 5.92 Å². The monoisotopic (exact) mass is 338 g/mol. The molecule has 6 heteroatoms. The molecule has 0 saturated heterocycles. The molecule has 1 rings (SSSR count). The summed E-state index contributed by atoms with van der Waals surface area (Å²) in [6.45, 7) is 4.76. The summed E-state index contributed by atoms with van der Waals surface area (Å²) in [6.07, 6.45) is 0.772. The van der Waals surface area contributed by atoms with Gasteiger partial charge in [-0.15, -0.1) is 12.4 Å². The molecule has 114 valence electrons. The normalized spacial score (nSPS) is 11.9. The van der Waals surface area contributed by atoms with Gasteiger partial charge < -0.3 is 10.6 Å². The van der Waals surface area contributed by atoms with Gasteiger partial charge >= 0.3 is 0 Å². The molecule has 0 bridgehead atoms. The average molecular weight is 340 g/mol. The molecule has 3 nitrogen and oxygen atoms in total. The molecule has 2 N–H and O–H groups in total. The Morgan fingerprint density at radius 2 is 1.75 bits per heavy atom. The van der Waals surface area contributed by atoms with Crippen molar-refractivity contribution in [1.29, 1.82) is 0 Å². The third kappa shape index (κ3) is 5.88. The number of carbonyl (C=O) groups is 1. The first kappa shape index (κ1) is 19.5. The Kier molecular flexibility index (Phi) is 8.52. The Hall–Kier alpha value is -0.480. The Morgan fingerprint density at radius 3 is 2.20 bits per heavy atom. The van der Waals surface area contributed by atoms with E-state index in [1.54, 1.807) is 30.1 Å². The summed E-state index contributed by atoms with van der Waals surface area (Å²) in [5.74, 6) is 0.310. The minimum Gasteiger partial charge on any atom is -0.342 e.